The van der Waals surface area contributed by atoms with Crippen LogP contribution >= 0.6 is 0 Å². The number of nitrogens with zero attached hydrogens (tertiary/aromatic N) is 1. The fourth-order valence-electron chi connectivity index (χ4n) is 2.00. The number of esters is 1. The molecule has 0 saturated carbocycles. The fraction of sp³-hybridized carbons (Fsp3) is 0.364. The van der Waals surface area contributed by atoms with E-state index in [0.29, 0.717) is 18.5 Å². The second kappa shape index (κ2) is 4.61. The van der Waals surface area contributed by atoms with E-state index in [4.69, 9.17) is 0 Å². The number of hydrogen-bond acceptors (Lipinski definition) is 6. The molecule has 7 nitrogen and oxygen atoms in total. The zero-order valence-corrected chi connectivity index (χ0v) is 9.67. The van der Waals surface area contributed by atoms with Gasteiger partial charge in [-0.2, -0.15) is 0 Å². The monoisotopic (exact) mass is 252 g/mol. The molecule has 18 heavy (non-hydrogen) atoms. The molecule has 2 rings (SSSR count). The maximum Gasteiger partial charge on any atom is 0.323 e. The average Bonchev–Trinajstić information content (AvgIpc) is 2.36. The molecule has 0 aromatic heterocycles. The summed E-state index contributed by atoms with van der Waals surface area (Å²) >= 11 is 0. The third-order valence-corrected chi connectivity index (χ3v) is 2.94. The Kier molecular flexibility index (Phi) is 3.15. The molecular formula is C11H12N2O5. The van der Waals surface area contributed by atoms with E-state index in [0.717, 1.165) is 5.56 Å². The quantitative estimate of drug-likeness (QED) is 0.451. The molecule has 1 unspecified atom stereocenters. The van der Waals surface area contributed by atoms with Crippen LogP contribution < -0.4 is 5.32 Å². The van der Waals surface area contributed by atoms with Gasteiger partial charge < -0.3 is 15.2 Å². The molecule has 0 bridgehead atoms. The maximum atomic E-state index is 11.4. The van der Waals surface area contributed by atoms with Crippen molar-refractivity contribution in [1.82, 2.24) is 5.32 Å². The summed E-state index contributed by atoms with van der Waals surface area (Å²) in [4.78, 5) is 21.5. The van der Waals surface area contributed by atoms with Gasteiger partial charge in [0.15, 0.2) is 5.75 Å². The number of nitrogens with one attached hydrogen (secondary N) is 1. The van der Waals surface area contributed by atoms with Crippen LogP contribution in [0.25, 0.3) is 0 Å². The highest BCUT2D eigenvalue weighted by molar-refractivity contribution is 5.76. The number of carbonyl (C=O) groups excluding carboxylic acids is 1. The van der Waals surface area contributed by atoms with E-state index < -0.39 is 16.9 Å². The summed E-state index contributed by atoms with van der Waals surface area (Å²) in [5, 5.41) is 23.2. The Hall–Kier alpha value is -2.15. The number of phenolic OH excluding ortho intramolecular Hbond substituents is 1. The molecule has 0 radical (unpaired) electrons. The molecule has 2 N–H and O–H groups in total. The van der Waals surface area contributed by atoms with Gasteiger partial charge in [0, 0.05) is 12.6 Å². The predicted octanol–water partition coefficient (Wildman–Crippen LogP) is 0.488. The van der Waals surface area contributed by atoms with Crippen molar-refractivity contribution in [2.24, 2.45) is 0 Å². The van der Waals surface area contributed by atoms with Crippen molar-refractivity contribution in [2.45, 2.75) is 19.0 Å². The Balaban J connectivity index is 2.34. The Bertz CT molecular complexity index is 514. The lowest BCUT2D eigenvalue weighted by atomic mass is 9.95. The fourth-order valence-corrected chi connectivity index (χ4v) is 2.00. The van der Waals surface area contributed by atoms with E-state index in [1.165, 1.54) is 19.2 Å². The Morgan fingerprint density at radius 2 is 2.28 bits per heavy atom. The molecule has 96 valence electrons. The number of nitro groups is 1. The molecule has 0 amide bonds. The van der Waals surface area contributed by atoms with Crippen LogP contribution in [0.15, 0.2) is 12.1 Å². The number of methoxy groups -OCH3 is 1. The first-order valence-corrected chi connectivity index (χ1v) is 5.33. The zero-order chi connectivity index (χ0) is 13.3. The molecule has 0 fully saturated rings. The molecule has 0 saturated heterocycles. The van der Waals surface area contributed by atoms with Gasteiger partial charge in [0.25, 0.3) is 0 Å². The number of rotatable bonds is 2. The highest BCUT2D eigenvalue weighted by atomic mass is 16.6. The summed E-state index contributed by atoms with van der Waals surface area (Å²) in [6.45, 7) is 0.362. The lowest BCUT2D eigenvalue weighted by Gasteiger charge is -2.24. The highest BCUT2D eigenvalue weighted by Crippen LogP contribution is 2.31. The van der Waals surface area contributed by atoms with Crippen molar-refractivity contribution in [3.8, 4) is 5.75 Å². The number of phenols is 1. The summed E-state index contributed by atoms with van der Waals surface area (Å²) < 4.78 is 4.62. The lowest BCUT2D eigenvalue weighted by Crippen LogP contribution is -2.42. The van der Waals surface area contributed by atoms with Gasteiger partial charge in [0.1, 0.15) is 6.04 Å². The van der Waals surface area contributed by atoms with E-state index in [9.17, 15) is 20.0 Å². The zero-order valence-electron chi connectivity index (χ0n) is 9.67. The summed E-state index contributed by atoms with van der Waals surface area (Å²) in [6, 6.07) is 2.15. The Morgan fingerprint density at radius 1 is 1.56 bits per heavy atom. The van der Waals surface area contributed by atoms with Gasteiger partial charge in [-0.15, -0.1) is 0 Å². The number of ether oxygens (including phenoxy) is 1. The third-order valence-electron chi connectivity index (χ3n) is 2.94. The van der Waals surface area contributed by atoms with Crippen molar-refractivity contribution in [1.29, 1.82) is 0 Å². The average molecular weight is 252 g/mol. The minimum absolute atomic E-state index is 0.309. The van der Waals surface area contributed by atoms with E-state index >= 15 is 0 Å². The van der Waals surface area contributed by atoms with Crippen LogP contribution in [0.4, 0.5) is 5.69 Å². The molecule has 7 heteroatoms. The van der Waals surface area contributed by atoms with Crippen LogP contribution in [0.2, 0.25) is 0 Å². The normalized spacial score (nSPS) is 17.9. The van der Waals surface area contributed by atoms with Crippen molar-refractivity contribution in [3.05, 3.63) is 33.4 Å². The van der Waals surface area contributed by atoms with Crippen LogP contribution in [0.3, 0.4) is 0 Å². The number of carbonyl (C=O) groups is 1. The second-order valence-electron chi connectivity index (χ2n) is 4.03. The topological polar surface area (TPSA) is 102 Å². The molecule has 0 spiro atoms. The van der Waals surface area contributed by atoms with Gasteiger partial charge in [-0.05, 0) is 23.6 Å². The smallest absolute Gasteiger partial charge is 0.323 e. The lowest BCUT2D eigenvalue weighted by molar-refractivity contribution is -0.385. The van der Waals surface area contributed by atoms with Crippen LogP contribution in [-0.2, 0) is 22.5 Å². The molecule has 0 aliphatic carbocycles. The van der Waals surface area contributed by atoms with Gasteiger partial charge in [0.05, 0.1) is 12.0 Å². The summed E-state index contributed by atoms with van der Waals surface area (Å²) in [5.41, 5.74) is 1.08. The Morgan fingerprint density at radius 3 is 2.89 bits per heavy atom. The minimum Gasteiger partial charge on any atom is -0.502 e. The van der Waals surface area contributed by atoms with Gasteiger partial charge in [-0.3, -0.25) is 14.9 Å². The van der Waals surface area contributed by atoms with Crippen LogP contribution in [-0.4, -0.2) is 29.2 Å². The van der Waals surface area contributed by atoms with Crippen molar-refractivity contribution in [3.63, 3.8) is 0 Å². The minimum atomic E-state index is -0.648. The molecule has 1 aromatic rings. The van der Waals surface area contributed by atoms with Gasteiger partial charge in [-0.1, -0.05) is 0 Å². The van der Waals surface area contributed by atoms with Crippen LogP contribution in [0.1, 0.15) is 11.1 Å². The first-order chi connectivity index (χ1) is 8.52. The maximum absolute atomic E-state index is 11.4. The first-order valence-electron chi connectivity index (χ1n) is 5.33. The van der Waals surface area contributed by atoms with Crippen LogP contribution in [0.5, 0.6) is 5.75 Å². The number of aromatic hydroxyl groups is 1. The predicted molar refractivity (Wildman–Crippen MR) is 61.1 cm³/mol. The summed E-state index contributed by atoms with van der Waals surface area (Å²) in [7, 11) is 1.29. The first kappa shape index (κ1) is 12.3. The molecule has 1 aromatic carbocycles. The van der Waals surface area contributed by atoms with E-state index in [1.807, 2.05) is 0 Å². The second-order valence-corrected chi connectivity index (χ2v) is 4.03. The molecular weight excluding hydrogens is 240 g/mol. The van der Waals surface area contributed by atoms with Gasteiger partial charge in [-0.25, -0.2) is 0 Å². The van der Waals surface area contributed by atoms with Crippen LogP contribution in [0, 0.1) is 10.1 Å². The largest absolute Gasteiger partial charge is 0.502 e. The third kappa shape index (κ3) is 2.12. The Labute approximate surface area is 103 Å². The van der Waals surface area contributed by atoms with Crippen molar-refractivity contribution in [2.75, 3.05) is 7.11 Å². The van der Waals surface area contributed by atoms with E-state index in [1.54, 1.807) is 0 Å². The molecule has 1 atom stereocenters. The molecule has 1 aliphatic heterocycles. The summed E-state index contributed by atoms with van der Waals surface area (Å²) in [5.74, 6) is -0.770. The number of nitro benzene ring substituents is 1. The van der Waals surface area contributed by atoms with E-state index in [2.05, 4.69) is 10.1 Å². The SMILES string of the molecule is COC(=O)C1Cc2cc([N+](=O)[O-])c(O)cc2CN1. The standard InChI is InChI=1S/C11H12N2O5/c1-18-11(15)8-2-6-3-9(13(16)17)10(14)4-7(6)5-12-8/h3-4,8,12,14H,2,5H2,1H3. The van der Waals surface area contributed by atoms with Crippen molar-refractivity contribution >= 4 is 11.7 Å². The number of fused-ring (bicyclic) bond motifs is 1. The molecule has 1 aliphatic rings. The number of hydrogen-bond donors (Lipinski definition) is 2. The summed E-state index contributed by atoms with van der Waals surface area (Å²) in [6.07, 6.45) is 0.309. The van der Waals surface area contributed by atoms with E-state index in [-0.39, 0.29) is 11.4 Å². The van der Waals surface area contributed by atoms with Gasteiger partial charge in [0.2, 0.25) is 0 Å². The molecule has 1 heterocycles. The van der Waals surface area contributed by atoms with Crippen molar-refractivity contribution < 1.29 is 19.6 Å². The highest BCUT2D eigenvalue weighted by Gasteiger charge is 2.27. The number of benzene rings is 1. The van der Waals surface area contributed by atoms with Gasteiger partial charge >= 0.3 is 11.7 Å².